The predicted molar refractivity (Wildman–Crippen MR) is 112 cm³/mol. The van der Waals surface area contributed by atoms with E-state index in [1.165, 1.54) is 23.8 Å². The standard InChI is InChI=1S/C24H31FO3/c1-14(2)28-23(27)18-10-11-19(20(26)13-18)22(25)17(5)16(4)21-15(3)9-8-12-24(21,6)7/h10-11,13-14,26H,4,8-9,12H2,1-3,5-7H3/b22-17-. The summed E-state index contributed by atoms with van der Waals surface area (Å²) in [6.07, 6.45) is 2.87. The number of allylic oxidation sites excluding steroid dienone is 4. The van der Waals surface area contributed by atoms with Crippen LogP contribution in [0.1, 0.15) is 76.7 Å². The van der Waals surface area contributed by atoms with Gasteiger partial charge in [-0.25, -0.2) is 9.18 Å². The molecule has 2 rings (SSSR count). The van der Waals surface area contributed by atoms with Gasteiger partial charge < -0.3 is 9.84 Å². The van der Waals surface area contributed by atoms with Crippen molar-refractivity contribution in [2.24, 2.45) is 5.41 Å². The molecule has 0 saturated heterocycles. The molecule has 0 fully saturated rings. The van der Waals surface area contributed by atoms with Gasteiger partial charge in [0.2, 0.25) is 0 Å². The third-order valence-corrected chi connectivity index (χ3v) is 5.35. The third-order valence-electron chi connectivity index (χ3n) is 5.35. The minimum Gasteiger partial charge on any atom is -0.507 e. The summed E-state index contributed by atoms with van der Waals surface area (Å²) in [4.78, 5) is 12.0. The number of esters is 1. The molecule has 1 aromatic carbocycles. The summed E-state index contributed by atoms with van der Waals surface area (Å²) in [5.74, 6) is -1.38. The van der Waals surface area contributed by atoms with Crippen molar-refractivity contribution in [1.82, 2.24) is 0 Å². The quantitative estimate of drug-likeness (QED) is 0.450. The highest BCUT2D eigenvalue weighted by molar-refractivity contribution is 5.91. The fraction of sp³-hybridized carbons (Fsp3) is 0.458. The highest BCUT2D eigenvalue weighted by Gasteiger charge is 2.31. The second-order valence-electron chi connectivity index (χ2n) is 8.50. The van der Waals surface area contributed by atoms with Crippen LogP contribution >= 0.6 is 0 Å². The Labute approximate surface area is 167 Å². The minimum atomic E-state index is -0.549. The van der Waals surface area contributed by atoms with Crippen molar-refractivity contribution in [3.63, 3.8) is 0 Å². The van der Waals surface area contributed by atoms with Crippen molar-refractivity contribution < 1.29 is 19.0 Å². The number of halogens is 1. The molecular weight excluding hydrogens is 355 g/mol. The highest BCUT2D eigenvalue weighted by atomic mass is 19.1. The van der Waals surface area contributed by atoms with Gasteiger partial charge in [0, 0.05) is 0 Å². The van der Waals surface area contributed by atoms with Crippen LogP contribution in [0.15, 0.2) is 47.1 Å². The monoisotopic (exact) mass is 386 g/mol. The molecule has 1 aliphatic carbocycles. The molecule has 0 spiro atoms. The van der Waals surface area contributed by atoms with Crippen LogP contribution in [-0.4, -0.2) is 17.2 Å². The number of carbonyl (C=O) groups is 1. The van der Waals surface area contributed by atoms with E-state index in [1.807, 2.05) is 0 Å². The predicted octanol–water partition coefficient (Wildman–Crippen LogP) is 6.74. The average molecular weight is 387 g/mol. The van der Waals surface area contributed by atoms with E-state index in [-0.39, 0.29) is 28.4 Å². The largest absolute Gasteiger partial charge is 0.507 e. The van der Waals surface area contributed by atoms with Gasteiger partial charge in [-0.3, -0.25) is 0 Å². The van der Waals surface area contributed by atoms with E-state index in [0.717, 1.165) is 24.8 Å². The van der Waals surface area contributed by atoms with Gasteiger partial charge >= 0.3 is 5.97 Å². The van der Waals surface area contributed by atoms with E-state index in [9.17, 15) is 9.90 Å². The Kier molecular flexibility index (Phi) is 6.53. The summed E-state index contributed by atoms with van der Waals surface area (Å²) in [6.45, 7) is 15.7. The smallest absolute Gasteiger partial charge is 0.338 e. The first-order valence-electron chi connectivity index (χ1n) is 9.76. The Morgan fingerprint density at radius 2 is 1.96 bits per heavy atom. The highest BCUT2D eigenvalue weighted by Crippen LogP contribution is 2.46. The number of benzene rings is 1. The molecule has 0 aliphatic heterocycles. The number of phenols is 1. The van der Waals surface area contributed by atoms with Gasteiger partial charge in [-0.15, -0.1) is 0 Å². The maximum atomic E-state index is 15.2. The van der Waals surface area contributed by atoms with E-state index >= 15 is 4.39 Å². The Morgan fingerprint density at radius 1 is 1.32 bits per heavy atom. The number of rotatable bonds is 5. The van der Waals surface area contributed by atoms with Crippen molar-refractivity contribution in [1.29, 1.82) is 0 Å². The number of hydrogen-bond acceptors (Lipinski definition) is 3. The molecule has 3 nitrogen and oxygen atoms in total. The van der Waals surface area contributed by atoms with Gasteiger partial charge in [-0.2, -0.15) is 0 Å². The average Bonchev–Trinajstić information content (AvgIpc) is 2.58. The van der Waals surface area contributed by atoms with Crippen molar-refractivity contribution >= 4 is 11.8 Å². The first-order valence-corrected chi connectivity index (χ1v) is 9.76. The number of carbonyl (C=O) groups excluding carboxylic acids is 1. The summed E-state index contributed by atoms with van der Waals surface area (Å²) < 4.78 is 20.4. The molecule has 1 aromatic rings. The maximum absolute atomic E-state index is 15.2. The van der Waals surface area contributed by atoms with Crippen LogP contribution in [0.5, 0.6) is 5.75 Å². The lowest BCUT2D eigenvalue weighted by molar-refractivity contribution is 0.0377. The van der Waals surface area contributed by atoms with Gasteiger partial charge in [0.05, 0.1) is 17.2 Å². The summed E-state index contributed by atoms with van der Waals surface area (Å²) >= 11 is 0. The fourth-order valence-corrected chi connectivity index (χ4v) is 3.94. The van der Waals surface area contributed by atoms with Crippen LogP contribution in [0.3, 0.4) is 0 Å². The van der Waals surface area contributed by atoms with Gasteiger partial charge in [0.15, 0.2) is 0 Å². The number of aromatic hydroxyl groups is 1. The molecule has 1 aliphatic rings. The van der Waals surface area contributed by atoms with Crippen molar-refractivity contribution in [2.75, 3.05) is 0 Å². The molecular formula is C24H31FO3. The molecule has 0 amide bonds. The molecule has 28 heavy (non-hydrogen) atoms. The molecule has 1 N–H and O–H groups in total. The fourth-order valence-electron chi connectivity index (χ4n) is 3.94. The lowest BCUT2D eigenvalue weighted by Gasteiger charge is -2.36. The SMILES string of the molecule is C=C(C1=C(C)CCCC1(C)C)/C(C)=C(\F)c1ccc(C(=O)OC(C)C)cc1O. The van der Waals surface area contributed by atoms with Crippen LogP contribution in [0.25, 0.3) is 5.83 Å². The molecule has 4 heteroatoms. The lowest BCUT2D eigenvalue weighted by Crippen LogP contribution is -2.22. The van der Waals surface area contributed by atoms with Crippen LogP contribution < -0.4 is 0 Å². The number of ether oxygens (including phenoxy) is 1. The topological polar surface area (TPSA) is 46.5 Å². The van der Waals surface area contributed by atoms with Crippen molar-refractivity contribution in [3.05, 3.63) is 58.2 Å². The Hall–Kier alpha value is -2.36. The van der Waals surface area contributed by atoms with Gasteiger partial charge in [0.25, 0.3) is 0 Å². The second-order valence-corrected chi connectivity index (χ2v) is 8.50. The minimum absolute atomic E-state index is 0.0478. The lowest BCUT2D eigenvalue weighted by atomic mass is 9.69. The molecule has 0 atom stereocenters. The third kappa shape index (κ3) is 4.54. The number of phenolic OH excluding ortho intramolecular Hbond substituents is 1. The summed E-state index contributed by atoms with van der Waals surface area (Å²) in [7, 11) is 0. The molecule has 0 saturated carbocycles. The molecule has 0 heterocycles. The van der Waals surface area contributed by atoms with Crippen LogP contribution in [0.4, 0.5) is 4.39 Å². The molecule has 0 unspecified atom stereocenters. The van der Waals surface area contributed by atoms with Crippen LogP contribution in [-0.2, 0) is 4.74 Å². The van der Waals surface area contributed by atoms with Gasteiger partial charge in [-0.05, 0) is 87.3 Å². The maximum Gasteiger partial charge on any atom is 0.338 e. The van der Waals surface area contributed by atoms with E-state index in [2.05, 4.69) is 27.4 Å². The van der Waals surface area contributed by atoms with E-state index in [1.54, 1.807) is 20.8 Å². The van der Waals surface area contributed by atoms with Crippen molar-refractivity contribution in [2.45, 2.75) is 66.9 Å². The zero-order valence-electron chi connectivity index (χ0n) is 17.8. The molecule has 152 valence electrons. The number of hydrogen-bond donors (Lipinski definition) is 1. The van der Waals surface area contributed by atoms with E-state index < -0.39 is 11.8 Å². The van der Waals surface area contributed by atoms with Gasteiger partial charge in [0.1, 0.15) is 11.6 Å². The zero-order chi connectivity index (χ0) is 21.2. The van der Waals surface area contributed by atoms with E-state index in [0.29, 0.717) is 11.1 Å². The summed E-state index contributed by atoms with van der Waals surface area (Å²) in [5.41, 5.74) is 3.58. The summed E-state index contributed by atoms with van der Waals surface area (Å²) in [6, 6.07) is 4.11. The molecule has 0 aromatic heterocycles. The zero-order valence-corrected chi connectivity index (χ0v) is 17.8. The van der Waals surface area contributed by atoms with Gasteiger partial charge in [-0.1, -0.05) is 26.0 Å². The molecule has 0 bridgehead atoms. The van der Waals surface area contributed by atoms with Crippen LogP contribution in [0.2, 0.25) is 0 Å². The first-order chi connectivity index (χ1) is 13.0. The normalized spacial score (nSPS) is 17.4. The Morgan fingerprint density at radius 3 is 2.50 bits per heavy atom. The molecule has 0 radical (unpaired) electrons. The summed E-state index contributed by atoms with van der Waals surface area (Å²) in [5, 5.41) is 10.3. The van der Waals surface area contributed by atoms with E-state index in [4.69, 9.17) is 4.74 Å². The Balaban J connectivity index is 2.40. The first kappa shape index (κ1) is 21.9. The second kappa shape index (κ2) is 8.34. The Bertz CT molecular complexity index is 857. The van der Waals surface area contributed by atoms with Crippen molar-refractivity contribution in [3.8, 4) is 5.75 Å². The van der Waals surface area contributed by atoms with Crippen LogP contribution in [0, 0.1) is 5.41 Å².